The molecular weight excluding hydrogens is 330 g/mol. The number of likely N-dealkylation sites (N-methyl/N-ethyl adjacent to an activating group) is 1. The molecule has 2 heterocycles. The van der Waals surface area contributed by atoms with Gasteiger partial charge in [0.15, 0.2) is 0 Å². The van der Waals surface area contributed by atoms with Crippen molar-refractivity contribution < 1.29 is 18.4 Å². The second-order valence-corrected chi connectivity index (χ2v) is 6.80. The van der Waals surface area contributed by atoms with E-state index in [0.29, 0.717) is 13.0 Å². The summed E-state index contributed by atoms with van der Waals surface area (Å²) < 4.78 is 25.1. The van der Waals surface area contributed by atoms with Crippen LogP contribution in [0.25, 0.3) is 0 Å². The fraction of sp³-hybridized carbons (Fsp3) is 0.588. The fourth-order valence-corrected chi connectivity index (χ4v) is 3.76. The summed E-state index contributed by atoms with van der Waals surface area (Å²) in [6.45, 7) is 2.47. The summed E-state index contributed by atoms with van der Waals surface area (Å²) in [5.74, 6) is -0.165. The monoisotopic (exact) mass is 352 g/mol. The van der Waals surface area contributed by atoms with Gasteiger partial charge in [0.05, 0.1) is 0 Å². The highest BCUT2D eigenvalue weighted by Crippen LogP contribution is 2.39. The Bertz CT molecular complexity index is 667. The molecule has 1 aliphatic heterocycles. The van der Waals surface area contributed by atoms with Crippen LogP contribution in [0, 0.1) is 5.92 Å². The summed E-state index contributed by atoms with van der Waals surface area (Å²) in [5, 5.41) is 6.21. The molecule has 1 saturated heterocycles. The quantitative estimate of drug-likeness (QED) is 0.798. The van der Waals surface area contributed by atoms with Gasteiger partial charge in [0, 0.05) is 31.7 Å². The van der Waals surface area contributed by atoms with Gasteiger partial charge in [-0.2, -0.15) is 0 Å². The van der Waals surface area contributed by atoms with Crippen LogP contribution in [-0.2, 0) is 4.79 Å². The first kappa shape index (κ1) is 17.7. The molecule has 3 rings (SSSR count). The molecule has 1 aromatic heterocycles. The fourth-order valence-electron chi connectivity index (χ4n) is 3.76. The molecule has 0 bridgehead atoms. The number of pyridine rings is 1. The van der Waals surface area contributed by atoms with Gasteiger partial charge in [-0.25, -0.2) is 13.6 Å². The van der Waals surface area contributed by atoms with Crippen LogP contribution in [0.2, 0.25) is 0 Å². The molecule has 25 heavy (non-hydrogen) atoms. The number of carbonyl (C=O) groups is 2. The predicted octanol–water partition coefficient (Wildman–Crippen LogP) is 2.39. The Kier molecular flexibility index (Phi) is 4.73. The van der Waals surface area contributed by atoms with Crippen molar-refractivity contribution in [2.45, 2.75) is 44.2 Å². The van der Waals surface area contributed by atoms with Crippen molar-refractivity contribution in [1.29, 1.82) is 0 Å². The van der Waals surface area contributed by atoms with Crippen LogP contribution >= 0.6 is 0 Å². The first-order chi connectivity index (χ1) is 11.8. The van der Waals surface area contributed by atoms with Crippen molar-refractivity contribution in [3.63, 3.8) is 0 Å². The number of aromatic nitrogens is 1. The molecule has 1 spiro atoms. The maximum Gasteiger partial charge on any atom is 0.324 e. The largest absolute Gasteiger partial charge is 0.324 e. The Morgan fingerprint density at radius 3 is 2.76 bits per heavy atom. The molecule has 3 unspecified atom stereocenters. The Morgan fingerprint density at radius 1 is 1.44 bits per heavy atom. The zero-order valence-corrected chi connectivity index (χ0v) is 14.3. The van der Waals surface area contributed by atoms with Gasteiger partial charge < -0.3 is 10.6 Å². The van der Waals surface area contributed by atoms with Gasteiger partial charge in [0.25, 0.3) is 12.3 Å². The van der Waals surface area contributed by atoms with Gasteiger partial charge in [-0.1, -0.05) is 12.5 Å². The number of urea groups is 1. The van der Waals surface area contributed by atoms with Crippen molar-refractivity contribution in [2.24, 2.45) is 5.92 Å². The van der Waals surface area contributed by atoms with Gasteiger partial charge >= 0.3 is 6.03 Å². The third-order valence-corrected chi connectivity index (χ3v) is 5.34. The zero-order chi connectivity index (χ0) is 18.2. The number of hydrogen-bond donors (Lipinski definition) is 2. The molecule has 8 heteroatoms. The average molecular weight is 352 g/mol. The average Bonchev–Trinajstić information content (AvgIpc) is 3.10. The first-order valence-corrected chi connectivity index (χ1v) is 8.43. The Labute approximate surface area is 145 Å². The van der Waals surface area contributed by atoms with E-state index >= 15 is 0 Å². The number of hydrogen-bond acceptors (Lipinski definition) is 4. The van der Waals surface area contributed by atoms with Crippen LogP contribution in [0.3, 0.4) is 0 Å². The lowest BCUT2D eigenvalue weighted by Gasteiger charge is -2.29. The highest BCUT2D eigenvalue weighted by atomic mass is 19.3. The smallest absolute Gasteiger partial charge is 0.323 e. The molecule has 0 radical (unpaired) electrons. The molecule has 1 aromatic rings. The van der Waals surface area contributed by atoms with Gasteiger partial charge in [0.1, 0.15) is 11.2 Å². The summed E-state index contributed by atoms with van der Waals surface area (Å²) in [7, 11) is 1.49. The highest BCUT2D eigenvalue weighted by Gasteiger charge is 2.56. The second kappa shape index (κ2) is 6.67. The number of carbonyl (C=O) groups excluding carboxylic acids is 2. The number of nitrogens with one attached hydrogen (secondary N) is 2. The summed E-state index contributed by atoms with van der Waals surface area (Å²) >= 11 is 0. The third-order valence-electron chi connectivity index (χ3n) is 5.34. The first-order valence-electron chi connectivity index (χ1n) is 8.43. The number of rotatable bonds is 5. The molecular formula is C17H22F2N4O2. The van der Waals surface area contributed by atoms with E-state index in [1.807, 2.05) is 6.92 Å². The molecule has 2 aliphatic rings. The number of halogens is 2. The van der Waals surface area contributed by atoms with E-state index in [4.69, 9.17) is 0 Å². The van der Waals surface area contributed by atoms with E-state index in [1.54, 1.807) is 6.07 Å². The number of imide groups is 1. The van der Waals surface area contributed by atoms with Gasteiger partial charge in [-0.15, -0.1) is 0 Å². The van der Waals surface area contributed by atoms with Crippen LogP contribution in [0.1, 0.15) is 49.9 Å². The Balaban J connectivity index is 1.64. The lowest BCUT2D eigenvalue weighted by Crippen LogP contribution is -2.52. The molecule has 0 aromatic carbocycles. The lowest BCUT2D eigenvalue weighted by molar-refractivity contribution is -0.131. The van der Waals surface area contributed by atoms with Gasteiger partial charge in [-0.3, -0.25) is 14.7 Å². The van der Waals surface area contributed by atoms with Crippen molar-refractivity contribution in [3.8, 4) is 0 Å². The molecule has 1 saturated carbocycles. The standard InChI is InChI=1S/C17H22F2N4O2/c1-10(11-5-6-13(14(18)19)21-8-11)20-9-12-4-3-7-17(12)15(24)23(2)16(25)22-17/h5-6,8,10,12,14,20H,3-4,7,9H2,1-2H3,(H,22,25). The maximum atomic E-state index is 12.6. The molecule has 3 amide bonds. The lowest BCUT2D eigenvalue weighted by atomic mass is 9.86. The number of amides is 3. The van der Waals surface area contributed by atoms with Crippen LogP contribution in [-0.4, -0.2) is 41.0 Å². The normalized spacial score (nSPS) is 27.4. The third kappa shape index (κ3) is 3.10. The van der Waals surface area contributed by atoms with Crippen LogP contribution in [0.15, 0.2) is 18.3 Å². The molecule has 2 N–H and O–H groups in total. The van der Waals surface area contributed by atoms with Crippen molar-refractivity contribution in [3.05, 3.63) is 29.6 Å². The molecule has 136 valence electrons. The van der Waals surface area contributed by atoms with E-state index in [-0.39, 0.29) is 29.6 Å². The van der Waals surface area contributed by atoms with Gasteiger partial charge in [-0.05, 0) is 31.4 Å². The van der Waals surface area contributed by atoms with Crippen LogP contribution < -0.4 is 10.6 Å². The topological polar surface area (TPSA) is 74.3 Å². The number of nitrogens with zero attached hydrogens (tertiary/aromatic N) is 2. The van der Waals surface area contributed by atoms with Crippen LogP contribution in [0.4, 0.5) is 13.6 Å². The Morgan fingerprint density at radius 2 is 2.20 bits per heavy atom. The summed E-state index contributed by atoms with van der Waals surface area (Å²) in [6.07, 6.45) is 1.24. The minimum Gasteiger partial charge on any atom is -0.323 e. The molecule has 1 aliphatic carbocycles. The number of alkyl halides is 2. The van der Waals surface area contributed by atoms with E-state index in [2.05, 4.69) is 15.6 Å². The van der Waals surface area contributed by atoms with Gasteiger partial charge in [0.2, 0.25) is 0 Å². The van der Waals surface area contributed by atoms with E-state index < -0.39 is 12.0 Å². The van der Waals surface area contributed by atoms with E-state index in [9.17, 15) is 18.4 Å². The summed E-state index contributed by atoms with van der Waals surface area (Å²) in [4.78, 5) is 29.3. The summed E-state index contributed by atoms with van der Waals surface area (Å²) in [6, 6.07) is 2.51. The predicted molar refractivity (Wildman–Crippen MR) is 87.0 cm³/mol. The SMILES string of the molecule is CC(NCC1CCCC12NC(=O)N(C)C2=O)c1ccc(C(F)F)nc1. The Hall–Kier alpha value is -2.09. The molecule has 2 fully saturated rings. The van der Waals surface area contributed by atoms with Crippen LogP contribution in [0.5, 0.6) is 0 Å². The van der Waals surface area contributed by atoms with Crippen molar-refractivity contribution in [2.75, 3.05) is 13.6 Å². The molecule has 6 nitrogen and oxygen atoms in total. The zero-order valence-electron chi connectivity index (χ0n) is 14.3. The molecule has 3 atom stereocenters. The maximum absolute atomic E-state index is 12.6. The minimum atomic E-state index is -2.58. The summed E-state index contributed by atoms with van der Waals surface area (Å²) in [5.41, 5.74) is -0.251. The van der Waals surface area contributed by atoms with Crippen molar-refractivity contribution in [1.82, 2.24) is 20.5 Å². The van der Waals surface area contributed by atoms with E-state index in [0.717, 1.165) is 23.3 Å². The van der Waals surface area contributed by atoms with E-state index in [1.165, 1.54) is 19.3 Å². The minimum absolute atomic E-state index is 0.00430. The second-order valence-electron chi connectivity index (χ2n) is 6.80. The highest BCUT2D eigenvalue weighted by molar-refractivity contribution is 6.07. The van der Waals surface area contributed by atoms with Crippen molar-refractivity contribution >= 4 is 11.9 Å².